The molecule has 1 saturated carbocycles. The molecule has 0 aliphatic heterocycles. The summed E-state index contributed by atoms with van der Waals surface area (Å²) in [5, 5.41) is 18.5. The monoisotopic (exact) mass is 719 g/mol. The molecule has 53 heavy (non-hydrogen) atoms. The van der Waals surface area contributed by atoms with Crippen LogP contribution in [-0.4, -0.2) is 52.5 Å². The maximum atomic E-state index is 14.0. The molecule has 2 aromatic carbocycles. The molecule has 1 fully saturated rings. The van der Waals surface area contributed by atoms with E-state index in [9.17, 15) is 14.4 Å². The van der Waals surface area contributed by atoms with Gasteiger partial charge < -0.3 is 30.0 Å². The molecule has 5 rings (SSSR count). The molecule has 1 aliphatic rings. The summed E-state index contributed by atoms with van der Waals surface area (Å²) in [5.41, 5.74) is 3.54. The average molecular weight is 720 g/mol. The van der Waals surface area contributed by atoms with E-state index < -0.39 is 11.7 Å². The molecule has 0 unspecified atom stereocenters. The number of carbonyl (C=O) groups excluding carboxylic acids is 2. The van der Waals surface area contributed by atoms with Crippen LogP contribution in [0.5, 0.6) is 5.75 Å². The third kappa shape index (κ3) is 11.6. The van der Waals surface area contributed by atoms with E-state index in [2.05, 4.69) is 27.0 Å². The molecule has 0 saturated heterocycles. The number of ether oxygens (including phenoxy) is 2. The highest BCUT2D eigenvalue weighted by atomic mass is 16.6. The summed E-state index contributed by atoms with van der Waals surface area (Å²) in [6.07, 6.45) is 7.81. The Kier molecular flexibility index (Phi) is 13.1. The molecule has 3 amide bonds. The first-order valence-corrected chi connectivity index (χ1v) is 18.1. The van der Waals surface area contributed by atoms with Gasteiger partial charge in [-0.05, 0) is 118 Å². The van der Waals surface area contributed by atoms with E-state index in [-0.39, 0.29) is 23.7 Å². The quantitative estimate of drug-likeness (QED) is 0.123. The minimum absolute atomic E-state index is 0.0134. The predicted octanol–water partition coefficient (Wildman–Crippen LogP) is 7.14. The van der Waals surface area contributed by atoms with Gasteiger partial charge in [0.05, 0.1) is 12.2 Å². The van der Waals surface area contributed by atoms with Crippen LogP contribution in [0.2, 0.25) is 0 Å². The van der Waals surface area contributed by atoms with Crippen molar-refractivity contribution in [3.63, 3.8) is 0 Å². The number of aryl methyl sites for hydroxylation is 1. The van der Waals surface area contributed by atoms with Gasteiger partial charge in [-0.2, -0.15) is 5.26 Å². The summed E-state index contributed by atoms with van der Waals surface area (Å²) in [5.74, 6) is 1.47. The second-order valence-corrected chi connectivity index (χ2v) is 14.3. The number of urea groups is 1. The number of alkyl carbamates (subject to hydrolysis) is 1. The molecule has 12 nitrogen and oxygen atoms in total. The number of nitrogens with one attached hydrogen (secondary N) is 3. The van der Waals surface area contributed by atoms with Gasteiger partial charge in [-0.3, -0.25) is 9.69 Å². The second kappa shape index (κ2) is 18.1. The fourth-order valence-corrected chi connectivity index (χ4v) is 6.19. The van der Waals surface area contributed by atoms with Crippen molar-refractivity contribution in [3.8, 4) is 22.9 Å². The highest BCUT2D eigenvalue weighted by molar-refractivity contribution is 5.93. The van der Waals surface area contributed by atoms with Crippen molar-refractivity contribution in [2.24, 2.45) is 7.05 Å². The number of carbonyl (C=O) groups is 2. The zero-order valence-corrected chi connectivity index (χ0v) is 30.9. The van der Waals surface area contributed by atoms with Crippen LogP contribution in [0.25, 0.3) is 11.1 Å². The van der Waals surface area contributed by atoms with E-state index in [1.165, 1.54) is 0 Å². The van der Waals surface area contributed by atoms with Gasteiger partial charge >= 0.3 is 12.1 Å². The normalized spacial score (nSPS) is 15.5. The first-order valence-electron chi connectivity index (χ1n) is 18.1. The van der Waals surface area contributed by atoms with E-state index >= 15 is 0 Å². The van der Waals surface area contributed by atoms with Crippen molar-refractivity contribution in [1.29, 1.82) is 5.26 Å². The molecule has 2 aromatic heterocycles. The lowest BCUT2D eigenvalue weighted by molar-refractivity contribution is 0.0526. The summed E-state index contributed by atoms with van der Waals surface area (Å²) in [6, 6.07) is 24.6. The van der Waals surface area contributed by atoms with Crippen LogP contribution in [0.1, 0.15) is 70.4 Å². The number of nitrogens with zero attached hydrogens (tertiary/aromatic N) is 4. The lowest BCUT2D eigenvalue weighted by Crippen LogP contribution is -2.48. The molecule has 12 heteroatoms. The van der Waals surface area contributed by atoms with E-state index in [1.807, 2.05) is 92.5 Å². The number of unbranched alkanes of at least 4 members (excludes halogenated alkanes) is 1. The third-order valence-electron chi connectivity index (χ3n) is 8.97. The highest BCUT2D eigenvalue weighted by Gasteiger charge is 2.30. The number of pyridine rings is 2. The lowest BCUT2D eigenvalue weighted by Gasteiger charge is -2.37. The van der Waals surface area contributed by atoms with Crippen LogP contribution < -0.4 is 31.1 Å². The Morgan fingerprint density at radius 3 is 2.28 bits per heavy atom. The first kappa shape index (κ1) is 38.4. The fraction of sp³-hybridized carbons (Fsp3) is 0.390. The number of anilines is 2. The standard InChI is InChI=1S/C41H49N7O5/c1-41(2,3)53-40(51)43-23-5-6-24-52-36-19-7-29(8-20-36)26-45-39(50)48(34-15-10-31(11-16-34)32-12-22-38(49)47(4)28-32)35-17-13-33(14-18-35)46-37-21-9-30(25-42)27-44-37/h7-12,15-16,19-22,27-28,33,35H,5-6,13-14,17-18,23-24,26H2,1-4H3,(H,43,51)(H,44,46)(H,45,50). The molecule has 0 spiro atoms. The number of nitriles is 1. The Morgan fingerprint density at radius 1 is 0.925 bits per heavy atom. The molecule has 0 radical (unpaired) electrons. The van der Waals surface area contributed by atoms with Crippen molar-refractivity contribution in [3.05, 3.63) is 107 Å². The Balaban J connectivity index is 1.17. The number of rotatable bonds is 13. The van der Waals surface area contributed by atoms with Gasteiger partial charge in [-0.15, -0.1) is 0 Å². The zero-order chi connectivity index (χ0) is 37.8. The Hall–Kier alpha value is -5.83. The van der Waals surface area contributed by atoms with Gasteiger partial charge in [-0.1, -0.05) is 24.3 Å². The molecule has 4 aromatic rings. The van der Waals surface area contributed by atoms with Crippen molar-refractivity contribution in [2.75, 3.05) is 23.4 Å². The minimum atomic E-state index is -0.521. The lowest BCUT2D eigenvalue weighted by atomic mass is 9.89. The van der Waals surface area contributed by atoms with Crippen LogP contribution >= 0.6 is 0 Å². The van der Waals surface area contributed by atoms with E-state index in [1.54, 1.807) is 29.9 Å². The average Bonchev–Trinajstić information content (AvgIpc) is 3.14. The molecular formula is C41H49N7O5. The number of hydrogen-bond donors (Lipinski definition) is 3. The van der Waals surface area contributed by atoms with Crippen molar-refractivity contribution < 1.29 is 19.1 Å². The summed E-state index contributed by atoms with van der Waals surface area (Å²) in [4.78, 5) is 43.9. The van der Waals surface area contributed by atoms with Gasteiger partial charge in [0.2, 0.25) is 5.56 Å². The SMILES string of the molecule is Cn1cc(-c2ccc(N(C(=O)NCc3ccc(OCCCCNC(=O)OC(C)(C)C)cc3)C3CCC(Nc4ccc(C#N)cn4)CC3)cc2)ccc1=O. The van der Waals surface area contributed by atoms with Crippen LogP contribution in [0, 0.1) is 11.3 Å². The van der Waals surface area contributed by atoms with Crippen LogP contribution in [0.15, 0.2) is 90.0 Å². The van der Waals surface area contributed by atoms with E-state index in [0.717, 1.165) is 72.5 Å². The zero-order valence-electron chi connectivity index (χ0n) is 30.9. The van der Waals surface area contributed by atoms with Crippen molar-refractivity contribution in [1.82, 2.24) is 20.2 Å². The molecule has 278 valence electrons. The Labute approximate surface area is 311 Å². The molecule has 0 bridgehead atoms. The number of benzene rings is 2. The van der Waals surface area contributed by atoms with E-state index in [4.69, 9.17) is 14.7 Å². The minimum Gasteiger partial charge on any atom is -0.494 e. The summed E-state index contributed by atoms with van der Waals surface area (Å²) < 4.78 is 12.7. The smallest absolute Gasteiger partial charge is 0.407 e. The molecule has 2 heterocycles. The summed E-state index contributed by atoms with van der Waals surface area (Å²) in [7, 11) is 1.73. The topological polar surface area (TPSA) is 151 Å². The maximum Gasteiger partial charge on any atom is 0.407 e. The molecule has 0 atom stereocenters. The number of amides is 3. The number of hydrogen-bond acceptors (Lipinski definition) is 8. The molecular weight excluding hydrogens is 670 g/mol. The molecule has 3 N–H and O–H groups in total. The molecule has 1 aliphatic carbocycles. The maximum absolute atomic E-state index is 14.0. The summed E-state index contributed by atoms with van der Waals surface area (Å²) in [6.45, 7) is 6.88. The fourth-order valence-electron chi connectivity index (χ4n) is 6.19. The second-order valence-electron chi connectivity index (χ2n) is 14.3. The third-order valence-corrected chi connectivity index (χ3v) is 8.97. The van der Waals surface area contributed by atoms with Crippen molar-refractivity contribution in [2.45, 2.75) is 83.5 Å². The highest BCUT2D eigenvalue weighted by Crippen LogP contribution is 2.31. The van der Waals surface area contributed by atoms with Crippen LogP contribution in [0.3, 0.4) is 0 Å². The van der Waals surface area contributed by atoms with Gasteiger partial charge in [0.1, 0.15) is 23.2 Å². The van der Waals surface area contributed by atoms with Crippen LogP contribution in [-0.2, 0) is 18.3 Å². The first-order chi connectivity index (χ1) is 25.5. The number of aromatic nitrogens is 2. The Morgan fingerprint density at radius 2 is 1.64 bits per heavy atom. The van der Waals surface area contributed by atoms with Gasteiger partial charge in [0, 0.05) is 56.4 Å². The van der Waals surface area contributed by atoms with Gasteiger partial charge in [0.15, 0.2) is 0 Å². The van der Waals surface area contributed by atoms with Crippen LogP contribution in [0.4, 0.5) is 21.1 Å². The van der Waals surface area contributed by atoms with Gasteiger partial charge in [0.25, 0.3) is 0 Å². The Bertz CT molecular complexity index is 1910. The largest absolute Gasteiger partial charge is 0.494 e. The van der Waals surface area contributed by atoms with E-state index in [0.29, 0.717) is 25.3 Å². The summed E-state index contributed by atoms with van der Waals surface area (Å²) >= 11 is 0. The van der Waals surface area contributed by atoms with Crippen molar-refractivity contribution >= 4 is 23.6 Å². The van der Waals surface area contributed by atoms with Gasteiger partial charge in [-0.25, -0.2) is 14.6 Å². The predicted molar refractivity (Wildman–Crippen MR) is 206 cm³/mol.